The maximum Gasteiger partial charge on any atom is 0.266 e. The molecule has 0 aliphatic carbocycles. The van der Waals surface area contributed by atoms with E-state index >= 15 is 0 Å². The highest BCUT2D eigenvalue weighted by Crippen LogP contribution is 2.17. The van der Waals surface area contributed by atoms with Gasteiger partial charge in [0.05, 0.1) is 0 Å². The van der Waals surface area contributed by atoms with E-state index in [1.54, 1.807) is 12.1 Å². The first-order valence-electron chi connectivity index (χ1n) is 8.42. The zero-order valence-corrected chi connectivity index (χ0v) is 14.9. The number of anilines is 2. The van der Waals surface area contributed by atoms with Crippen molar-refractivity contribution in [3.05, 3.63) is 65.2 Å². The van der Waals surface area contributed by atoms with E-state index in [2.05, 4.69) is 24.1 Å². The van der Waals surface area contributed by atoms with Crippen LogP contribution in [0.4, 0.5) is 11.4 Å². The first kappa shape index (κ1) is 18.3. The number of nitriles is 1. The Hall–Kier alpha value is -3.06. The fourth-order valence-corrected chi connectivity index (χ4v) is 2.61. The summed E-state index contributed by atoms with van der Waals surface area (Å²) < 4.78 is 0. The molecule has 2 aromatic carbocycles. The fourth-order valence-electron chi connectivity index (χ4n) is 2.61. The molecule has 2 rings (SSSR count). The molecule has 0 saturated heterocycles. The van der Waals surface area contributed by atoms with Gasteiger partial charge in [0.25, 0.3) is 5.91 Å². The zero-order valence-electron chi connectivity index (χ0n) is 14.9. The summed E-state index contributed by atoms with van der Waals surface area (Å²) in [6.07, 6.45) is 1.61. The van der Waals surface area contributed by atoms with Crippen molar-refractivity contribution in [3.63, 3.8) is 0 Å². The van der Waals surface area contributed by atoms with Crippen molar-refractivity contribution in [1.82, 2.24) is 0 Å². The number of carbonyl (C=O) groups is 1. The molecule has 1 N–H and O–H groups in total. The van der Waals surface area contributed by atoms with Gasteiger partial charge in [0.1, 0.15) is 11.6 Å². The highest BCUT2D eigenvalue weighted by Gasteiger charge is 2.10. The number of benzene rings is 2. The molecule has 0 heterocycles. The summed E-state index contributed by atoms with van der Waals surface area (Å²) in [5.41, 5.74) is 3.77. The SMILES string of the molecule is CCN(CC)c1ccc(C=C(C#N)C(=O)Nc2cccc(C)c2)cc1. The molecule has 0 saturated carbocycles. The van der Waals surface area contributed by atoms with Crippen LogP contribution in [0.3, 0.4) is 0 Å². The lowest BCUT2D eigenvalue weighted by Gasteiger charge is -2.20. The van der Waals surface area contributed by atoms with E-state index in [0.29, 0.717) is 5.69 Å². The maximum absolute atomic E-state index is 12.3. The zero-order chi connectivity index (χ0) is 18.2. The fraction of sp³-hybridized carbons (Fsp3) is 0.238. The molecule has 0 aromatic heterocycles. The topological polar surface area (TPSA) is 56.1 Å². The second-order valence-electron chi connectivity index (χ2n) is 5.76. The lowest BCUT2D eigenvalue weighted by molar-refractivity contribution is -0.112. The number of amides is 1. The van der Waals surface area contributed by atoms with Crippen LogP contribution in [0.5, 0.6) is 0 Å². The van der Waals surface area contributed by atoms with Crippen LogP contribution in [0.25, 0.3) is 6.08 Å². The Morgan fingerprint density at radius 3 is 2.40 bits per heavy atom. The summed E-state index contributed by atoms with van der Waals surface area (Å²) in [5.74, 6) is -0.402. The minimum Gasteiger partial charge on any atom is -0.372 e. The second-order valence-corrected chi connectivity index (χ2v) is 5.76. The largest absolute Gasteiger partial charge is 0.372 e. The first-order chi connectivity index (χ1) is 12.1. The molecule has 2 aromatic rings. The Labute approximate surface area is 149 Å². The van der Waals surface area contributed by atoms with Crippen LogP contribution in [0.1, 0.15) is 25.0 Å². The third-order valence-corrected chi connectivity index (χ3v) is 3.97. The highest BCUT2D eigenvalue weighted by molar-refractivity contribution is 6.09. The number of rotatable bonds is 6. The van der Waals surface area contributed by atoms with Gasteiger partial charge < -0.3 is 10.2 Å². The molecule has 0 bridgehead atoms. The lowest BCUT2D eigenvalue weighted by atomic mass is 10.1. The van der Waals surface area contributed by atoms with Crippen LogP contribution in [0, 0.1) is 18.3 Å². The van der Waals surface area contributed by atoms with Crippen molar-refractivity contribution >= 4 is 23.4 Å². The molecular weight excluding hydrogens is 310 g/mol. The van der Waals surface area contributed by atoms with E-state index in [9.17, 15) is 10.1 Å². The molecule has 4 nitrogen and oxygen atoms in total. The number of aryl methyl sites for hydroxylation is 1. The average Bonchev–Trinajstić information content (AvgIpc) is 2.62. The quantitative estimate of drug-likeness (QED) is 0.630. The van der Waals surface area contributed by atoms with Gasteiger partial charge in [-0.3, -0.25) is 4.79 Å². The Morgan fingerprint density at radius 2 is 1.84 bits per heavy atom. The van der Waals surface area contributed by atoms with Crippen molar-refractivity contribution in [1.29, 1.82) is 5.26 Å². The molecule has 0 atom stereocenters. The molecule has 4 heteroatoms. The van der Waals surface area contributed by atoms with Gasteiger partial charge in [-0.15, -0.1) is 0 Å². The summed E-state index contributed by atoms with van der Waals surface area (Å²) in [5, 5.41) is 12.1. The molecule has 25 heavy (non-hydrogen) atoms. The van der Waals surface area contributed by atoms with Gasteiger partial charge in [-0.25, -0.2) is 0 Å². The van der Waals surface area contributed by atoms with Crippen LogP contribution in [0.15, 0.2) is 54.1 Å². The molecule has 0 aliphatic rings. The average molecular weight is 333 g/mol. The van der Waals surface area contributed by atoms with E-state index in [1.807, 2.05) is 55.5 Å². The van der Waals surface area contributed by atoms with Crippen molar-refractivity contribution in [2.45, 2.75) is 20.8 Å². The third kappa shape index (κ3) is 4.95. The van der Waals surface area contributed by atoms with Crippen molar-refractivity contribution in [3.8, 4) is 6.07 Å². The van der Waals surface area contributed by atoms with Gasteiger partial charge in [-0.05, 0) is 62.2 Å². The second kappa shape index (κ2) is 8.70. The Morgan fingerprint density at radius 1 is 1.16 bits per heavy atom. The van der Waals surface area contributed by atoms with E-state index in [1.165, 1.54) is 0 Å². The van der Waals surface area contributed by atoms with E-state index in [0.717, 1.165) is 29.9 Å². The Balaban J connectivity index is 2.16. The number of nitrogens with one attached hydrogen (secondary N) is 1. The summed E-state index contributed by atoms with van der Waals surface area (Å²) >= 11 is 0. The maximum atomic E-state index is 12.3. The molecular formula is C21H23N3O. The van der Waals surface area contributed by atoms with E-state index in [-0.39, 0.29) is 5.57 Å². The van der Waals surface area contributed by atoms with Gasteiger partial charge in [0, 0.05) is 24.5 Å². The van der Waals surface area contributed by atoms with E-state index in [4.69, 9.17) is 0 Å². The molecule has 1 amide bonds. The molecule has 0 aliphatic heterocycles. The summed E-state index contributed by atoms with van der Waals surface area (Å²) in [6.45, 7) is 8.05. The van der Waals surface area contributed by atoms with Gasteiger partial charge in [-0.1, -0.05) is 24.3 Å². The van der Waals surface area contributed by atoms with Crippen LogP contribution in [0.2, 0.25) is 0 Å². The lowest BCUT2D eigenvalue weighted by Crippen LogP contribution is -2.21. The number of hydrogen-bond donors (Lipinski definition) is 1. The summed E-state index contributed by atoms with van der Waals surface area (Å²) in [6, 6.07) is 17.3. The molecule has 0 spiro atoms. The van der Waals surface area contributed by atoms with Crippen LogP contribution in [-0.2, 0) is 4.79 Å². The third-order valence-electron chi connectivity index (χ3n) is 3.97. The standard InChI is InChI=1S/C21H23N3O/c1-4-24(5-2)20-11-9-17(10-12-20)14-18(15-22)21(25)23-19-8-6-7-16(3)13-19/h6-14H,4-5H2,1-3H3,(H,23,25). The smallest absolute Gasteiger partial charge is 0.266 e. The van der Waals surface area contributed by atoms with Crippen LogP contribution in [-0.4, -0.2) is 19.0 Å². The molecule has 128 valence electrons. The van der Waals surface area contributed by atoms with Crippen molar-refractivity contribution < 1.29 is 4.79 Å². The Kier molecular flexibility index (Phi) is 6.36. The van der Waals surface area contributed by atoms with E-state index < -0.39 is 5.91 Å². The predicted molar refractivity (Wildman–Crippen MR) is 103 cm³/mol. The van der Waals surface area contributed by atoms with Gasteiger partial charge in [-0.2, -0.15) is 5.26 Å². The van der Waals surface area contributed by atoms with Crippen LogP contribution >= 0.6 is 0 Å². The number of hydrogen-bond acceptors (Lipinski definition) is 3. The number of carbonyl (C=O) groups excluding carboxylic acids is 1. The van der Waals surface area contributed by atoms with Crippen molar-refractivity contribution in [2.75, 3.05) is 23.3 Å². The van der Waals surface area contributed by atoms with Crippen molar-refractivity contribution in [2.24, 2.45) is 0 Å². The minimum atomic E-state index is -0.402. The monoisotopic (exact) mass is 333 g/mol. The number of nitrogens with zero attached hydrogens (tertiary/aromatic N) is 2. The van der Waals surface area contributed by atoms with Crippen LogP contribution < -0.4 is 10.2 Å². The normalized spacial score (nSPS) is 10.9. The predicted octanol–water partition coefficient (Wildman–Crippen LogP) is 4.39. The minimum absolute atomic E-state index is 0.0806. The molecule has 0 fully saturated rings. The molecule has 0 unspecified atom stereocenters. The van der Waals surface area contributed by atoms with Gasteiger partial charge >= 0.3 is 0 Å². The first-order valence-corrected chi connectivity index (χ1v) is 8.42. The van der Waals surface area contributed by atoms with Gasteiger partial charge in [0.2, 0.25) is 0 Å². The summed E-state index contributed by atoms with van der Waals surface area (Å²) in [7, 11) is 0. The van der Waals surface area contributed by atoms with Gasteiger partial charge in [0.15, 0.2) is 0 Å². The summed E-state index contributed by atoms with van der Waals surface area (Å²) in [4.78, 5) is 14.6. The Bertz CT molecular complexity index is 797. The highest BCUT2D eigenvalue weighted by atomic mass is 16.1. The molecule has 0 radical (unpaired) electrons.